The molecule has 0 amide bonds. The first kappa shape index (κ1) is 21.7. The molecule has 4 heterocycles. The molecule has 178 valence electrons. The molecule has 6 rings (SSSR count). The van der Waals surface area contributed by atoms with Crippen molar-refractivity contribution in [2.75, 3.05) is 20.1 Å². The largest absolute Gasteiger partial charge is 0.457 e. The predicted octanol–water partition coefficient (Wildman–Crippen LogP) is 5.12. The number of imidazole rings is 1. The lowest BCUT2D eigenvalue weighted by molar-refractivity contribution is 0.201. The van der Waals surface area contributed by atoms with E-state index in [1.54, 1.807) is 0 Å². The normalized spacial score (nSPS) is 15.3. The minimum absolute atomic E-state index is 0.675. The van der Waals surface area contributed by atoms with Gasteiger partial charge in [0.15, 0.2) is 0 Å². The van der Waals surface area contributed by atoms with Crippen LogP contribution in [0.4, 0.5) is 0 Å². The zero-order valence-corrected chi connectivity index (χ0v) is 20.3. The number of piperidine rings is 1. The van der Waals surface area contributed by atoms with Gasteiger partial charge in [-0.2, -0.15) is 5.10 Å². The minimum Gasteiger partial charge on any atom is -0.457 e. The Hall–Kier alpha value is -3.78. The van der Waals surface area contributed by atoms with Gasteiger partial charge < -0.3 is 14.6 Å². The van der Waals surface area contributed by atoms with Crippen LogP contribution in [0, 0.1) is 19.8 Å². The van der Waals surface area contributed by atoms with Crippen LogP contribution in [-0.2, 0) is 6.54 Å². The molecule has 0 aliphatic carbocycles. The van der Waals surface area contributed by atoms with E-state index in [0.29, 0.717) is 5.92 Å². The summed E-state index contributed by atoms with van der Waals surface area (Å²) >= 11 is 0. The van der Waals surface area contributed by atoms with Gasteiger partial charge in [0, 0.05) is 30.4 Å². The van der Waals surface area contributed by atoms with Gasteiger partial charge in [-0.15, -0.1) is 0 Å². The lowest BCUT2D eigenvalue weighted by Crippen LogP contribution is -2.31. The van der Waals surface area contributed by atoms with Gasteiger partial charge in [0.05, 0.1) is 40.2 Å². The Balaban J connectivity index is 1.25. The molecule has 0 saturated carbocycles. The highest BCUT2D eigenvalue weighted by atomic mass is 16.5. The minimum atomic E-state index is 0.675. The molecular formula is C27H29N7O. The monoisotopic (exact) mass is 467 g/mol. The summed E-state index contributed by atoms with van der Waals surface area (Å²) < 4.78 is 8.29. The lowest BCUT2D eigenvalue weighted by atomic mass is 9.97. The predicted molar refractivity (Wildman–Crippen MR) is 137 cm³/mol. The Morgan fingerprint density at radius 3 is 2.71 bits per heavy atom. The highest BCUT2D eigenvalue weighted by molar-refractivity contribution is 5.80. The summed E-state index contributed by atoms with van der Waals surface area (Å²) in [6.45, 7) is 7.24. The summed E-state index contributed by atoms with van der Waals surface area (Å²) in [4.78, 5) is 19.7. The van der Waals surface area contributed by atoms with Crippen molar-refractivity contribution in [1.82, 2.24) is 34.6 Å². The molecule has 0 spiro atoms. The molecule has 1 aliphatic rings. The average Bonchev–Trinajstić information content (AvgIpc) is 3.46. The van der Waals surface area contributed by atoms with Crippen LogP contribution in [0.1, 0.15) is 24.2 Å². The molecule has 8 nitrogen and oxygen atoms in total. The number of H-pyrrole nitrogens is 1. The van der Waals surface area contributed by atoms with Crippen molar-refractivity contribution in [3.05, 3.63) is 60.3 Å². The van der Waals surface area contributed by atoms with Crippen LogP contribution in [0.5, 0.6) is 11.5 Å². The first-order chi connectivity index (χ1) is 17.0. The van der Waals surface area contributed by atoms with E-state index in [4.69, 9.17) is 9.72 Å². The molecule has 0 unspecified atom stereocenters. The van der Waals surface area contributed by atoms with Gasteiger partial charge in [-0.25, -0.2) is 9.97 Å². The van der Waals surface area contributed by atoms with E-state index >= 15 is 0 Å². The van der Waals surface area contributed by atoms with Crippen molar-refractivity contribution in [2.45, 2.75) is 33.2 Å². The van der Waals surface area contributed by atoms with E-state index in [9.17, 15) is 0 Å². The van der Waals surface area contributed by atoms with Gasteiger partial charge in [-0.3, -0.25) is 9.67 Å². The van der Waals surface area contributed by atoms with E-state index in [1.807, 2.05) is 61.3 Å². The molecule has 0 radical (unpaired) electrons. The third-order valence-corrected chi connectivity index (χ3v) is 6.85. The number of nitrogens with one attached hydrogen (secondary N) is 1. The van der Waals surface area contributed by atoms with E-state index < -0.39 is 0 Å². The number of hydrogen-bond donors (Lipinski definition) is 1. The van der Waals surface area contributed by atoms with E-state index in [2.05, 4.69) is 38.2 Å². The fourth-order valence-corrected chi connectivity index (χ4v) is 4.81. The Morgan fingerprint density at radius 1 is 1.00 bits per heavy atom. The van der Waals surface area contributed by atoms with Gasteiger partial charge in [0.2, 0.25) is 0 Å². The molecule has 35 heavy (non-hydrogen) atoms. The molecule has 2 aromatic carbocycles. The Labute approximate surface area is 204 Å². The molecule has 1 fully saturated rings. The maximum absolute atomic E-state index is 6.24. The number of likely N-dealkylation sites (tertiary alicyclic amines) is 1. The third-order valence-electron chi connectivity index (χ3n) is 6.85. The van der Waals surface area contributed by atoms with Crippen LogP contribution < -0.4 is 4.74 Å². The fraction of sp³-hybridized carbons (Fsp3) is 0.333. The summed E-state index contributed by atoms with van der Waals surface area (Å²) in [5, 5.41) is 4.60. The first-order valence-electron chi connectivity index (χ1n) is 12.1. The van der Waals surface area contributed by atoms with Crippen LogP contribution in [0.2, 0.25) is 0 Å². The van der Waals surface area contributed by atoms with Crippen molar-refractivity contribution in [3.63, 3.8) is 0 Å². The van der Waals surface area contributed by atoms with Crippen LogP contribution in [0.3, 0.4) is 0 Å². The number of aryl methyl sites for hydroxylation is 2. The number of aromatic nitrogens is 6. The van der Waals surface area contributed by atoms with Gasteiger partial charge >= 0.3 is 0 Å². The zero-order valence-electron chi connectivity index (χ0n) is 20.3. The Bertz CT molecular complexity index is 1510. The molecule has 8 heteroatoms. The highest BCUT2D eigenvalue weighted by Gasteiger charge is 2.18. The first-order valence-corrected chi connectivity index (χ1v) is 12.1. The van der Waals surface area contributed by atoms with Crippen molar-refractivity contribution < 1.29 is 4.74 Å². The molecule has 3 aromatic heterocycles. The summed E-state index contributed by atoms with van der Waals surface area (Å²) in [5.74, 6) is 3.08. The van der Waals surface area contributed by atoms with Crippen molar-refractivity contribution >= 4 is 22.1 Å². The smallest absolute Gasteiger partial charge is 0.132 e. The second-order valence-electron chi connectivity index (χ2n) is 9.66. The van der Waals surface area contributed by atoms with Gasteiger partial charge in [-0.1, -0.05) is 0 Å². The summed E-state index contributed by atoms with van der Waals surface area (Å²) in [7, 11) is 2.19. The quantitative estimate of drug-likeness (QED) is 0.386. The van der Waals surface area contributed by atoms with Crippen LogP contribution in [0.25, 0.3) is 33.3 Å². The van der Waals surface area contributed by atoms with Gasteiger partial charge in [-0.05, 0) is 76.5 Å². The fourth-order valence-electron chi connectivity index (χ4n) is 4.81. The maximum Gasteiger partial charge on any atom is 0.132 e. The number of nitrogens with zero attached hydrogens (tertiary/aromatic N) is 6. The highest BCUT2D eigenvalue weighted by Crippen LogP contribution is 2.31. The van der Waals surface area contributed by atoms with Gasteiger partial charge in [0.25, 0.3) is 0 Å². The third kappa shape index (κ3) is 4.49. The lowest BCUT2D eigenvalue weighted by Gasteiger charge is -2.28. The summed E-state index contributed by atoms with van der Waals surface area (Å²) in [5.41, 5.74) is 6.33. The Morgan fingerprint density at radius 2 is 1.86 bits per heavy atom. The molecule has 1 aliphatic heterocycles. The SMILES string of the molecule is Cc1nc2ccc(Oc3cc4nc(-c5cnn(CC6CCN(C)CC6)c5)cnc4cc3C)cc2[nH]1. The summed E-state index contributed by atoms with van der Waals surface area (Å²) in [6, 6.07) is 9.86. The molecule has 0 bridgehead atoms. The topological polar surface area (TPSA) is 84.8 Å². The van der Waals surface area contributed by atoms with E-state index in [0.717, 1.165) is 75.8 Å². The summed E-state index contributed by atoms with van der Waals surface area (Å²) in [6.07, 6.45) is 8.24. The number of ether oxygens (including phenoxy) is 1. The number of rotatable bonds is 5. The number of aromatic amines is 1. The number of hydrogen-bond acceptors (Lipinski definition) is 6. The zero-order chi connectivity index (χ0) is 23.9. The van der Waals surface area contributed by atoms with Crippen molar-refractivity contribution in [2.24, 2.45) is 5.92 Å². The van der Waals surface area contributed by atoms with Crippen LogP contribution >= 0.6 is 0 Å². The number of benzene rings is 2. The maximum atomic E-state index is 6.24. The molecule has 1 N–H and O–H groups in total. The standard InChI is InChI=1S/C27H29N7O/c1-17-10-23-25(12-27(17)35-21-4-5-22-24(11-21)31-18(2)30-22)32-26(14-28-23)20-13-29-34(16-20)15-19-6-8-33(3)9-7-19/h4-5,10-14,16,19H,6-9,15H2,1-3H3,(H,30,31). The Kier molecular flexibility index (Phi) is 5.45. The second-order valence-corrected chi connectivity index (χ2v) is 9.66. The van der Waals surface area contributed by atoms with Gasteiger partial charge in [0.1, 0.15) is 17.3 Å². The van der Waals surface area contributed by atoms with Crippen LogP contribution in [0.15, 0.2) is 48.9 Å². The van der Waals surface area contributed by atoms with E-state index in [1.165, 1.54) is 12.8 Å². The van der Waals surface area contributed by atoms with Crippen LogP contribution in [-0.4, -0.2) is 54.8 Å². The molecule has 0 atom stereocenters. The van der Waals surface area contributed by atoms with Crippen molar-refractivity contribution in [3.8, 4) is 22.8 Å². The molecular weight excluding hydrogens is 438 g/mol. The molecule has 1 saturated heterocycles. The van der Waals surface area contributed by atoms with E-state index in [-0.39, 0.29) is 0 Å². The number of fused-ring (bicyclic) bond motifs is 2. The average molecular weight is 468 g/mol. The molecule has 5 aromatic rings. The van der Waals surface area contributed by atoms with Crippen molar-refractivity contribution in [1.29, 1.82) is 0 Å². The second kappa shape index (κ2) is 8.78.